The Morgan fingerprint density at radius 1 is 1.08 bits per heavy atom. The van der Waals surface area contributed by atoms with Gasteiger partial charge < -0.3 is 20.4 Å². The van der Waals surface area contributed by atoms with Crippen LogP contribution < -0.4 is 10.6 Å². The van der Waals surface area contributed by atoms with Crippen molar-refractivity contribution < 1.29 is 14.4 Å². The molecule has 25 heavy (non-hydrogen) atoms. The van der Waals surface area contributed by atoms with E-state index in [2.05, 4.69) is 10.6 Å². The zero-order valence-electron chi connectivity index (χ0n) is 13.6. The molecule has 0 unspecified atom stereocenters. The highest BCUT2D eigenvalue weighted by Gasteiger charge is 2.38. The van der Waals surface area contributed by atoms with Gasteiger partial charge in [0.1, 0.15) is 0 Å². The van der Waals surface area contributed by atoms with Crippen molar-refractivity contribution in [2.75, 3.05) is 31.5 Å². The minimum Gasteiger partial charge on any atom is -0.346 e. The van der Waals surface area contributed by atoms with Crippen molar-refractivity contribution in [3.8, 4) is 0 Å². The lowest BCUT2D eigenvalue weighted by molar-refractivity contribution is -0.152. The zero-order valence-corrected chi connectivity index (χ0v) is 13.6. The Hall–Kier alpha value is -3.09. The summed E-state index contributed by atoms with van der Waals surface area (Å²) in [6.45, 7) is 1.57. The lowest BCUT2D eigenvalue weighted by atomic mass is 10.1. The van der Waals surface area contributed by atoms with E-state index >= 15 is 0 Å². The second-order valence-corrected chi connectivity index (χ2v) is 6.27. The van der Waals surface area contributed by atoms with Gasteiger partial charge in [-0.25, -0.2) is 4.79 Å². The van der Waals surface area contributed by atoms with E-state index in [-0.39, 0.29) is 12.1 Å². The Morgan fingerprint density at radius 2 is 1.88 bits per heavy atom. The van der Waals surface area contributed by atoms with Crippen LogP contribution in [0.3, 0.4) is 0 Å². The second kappa shape index (κ2) is 6.08. The number of benzene rings is 2. The van der Waals surface area contributed by atoms with Gasteiger partial charge in [0.15, 0.2) is 0 Å². The summed E-state index contributed by atoms with van der Waals surface area (Å²) >= 11 is 0. The molecule has 2 fully saturated rings. The van der Waals surface area contributed by atoms with Crippen LogP contribution in [0.5, 0.6) is 0 Å². The molecule has 2 aliphatic heterocycles. The van der Waals surface area contributed by atoms with E-state index in [1.54, 1.807) is 9.80 Å². The molecule has 4 rings (SSSR count). The number of amides is 4. The number of urea groups is 1. The van der Waals surface area contributed by atoms with Gasteiger partial charge in [0, 0.05) is 31.6 Å². The number of hydrogen-bond donors (Lipinski definition) is 2. The molecular formula is C18H18N4O3. The molecule has 2 aromatic carbocycles. The molecule has 0 aromatic heterocycles. The predicted octanol–water partition coefficient (Wildman–Crippen LogP) is 1.01. The summed E-state index contributed by atoms with van der Waals surface area (Å²) in [5, 5.41) is 7.59. The van der Waals surface area contributed by atoms with Gasteiger partial charge in [-0.15, -0.1) is 0 Å². The fraction of sp³-hybridized carbons (Fsp3) is 0.278. The standard InChI is InChI=1S/C18H18N4O3/c23-16-17(24)22-9-8-21(11-13(22)10-19-16)18(25)20-15-7-3-5-12-4-1-2-6-14(12)15/h1-7,13H,8-11H2,(H,19,23)(H,20,25)/t13-/m1/s1. The number of piperazine rings is 2. The summed E-state index contributed by atoms with van der Waals surface area (Å²) < 4.78 is 0. The van der Waals surface area contributed by atoms with Crippen molar-refractivity contribution in [2.45, 2.75) is 6.04 Å². The number of rotatable bonds is 1. The molecule has 0 aliphatic carbocycles. The van der Waals surface area contributed by atoms with Crippen molar-refractivity contribution >= 4 is 34.3 Å². The summed E-state index contributed by atoms with van der Waals surface area (Å²) in [6, 6.07) is 13.3. The first-order chi connectivity index (χ1) is 12.1. The van der Waals surface area contributed by atoms with Gasteiger partial charge in [-0.2, -0.15) is 0 Å². The third kappa shape index (κ3) is 2.77. The molecular weight excluding hydrogens is 320 g/mol. The summed E-state index contributed by atoms with van der Waals surface area (Å²) in [5.74, 6) is -1.07. The summed E-state index contributed by atoms with van der Waals surface area (Å²) in [4.78, 5) is 39.2. The minimum atomic E-state index is -0.565. The van der Waals surface area contributed by atoms with E-state index in [1.165, 1.54) is 0 Å². The largest absolute Gasteiger partial charge is 0.346 e. The third-order valence-electron chi connectivity index (χ3n) is 4.75. The van der Waals surface area contributed by atoms with Gasteiger partial charge >= 0.3 is 17.8 Å². The quantitative estimate of drug-likeness (QED) is 0.762. The maximum Gasteiger partial charge on any atom is 0.321 e. The molecule has 0 saturated carbocycles. The zero-order chi connectivity index (χ0) is 17.4. The predicted molar refractivity (Wildman–Crippen MR) is 93.1 cm³/mol. The van der Waals surface area contributed by atoms with Crippen LogP contribution in [0.15, 0.2) is 42.5 Å². The fourth-order valence-electron chi connectivity index (χ4n) is 3.43. The number of hydrogen-bond acceptors (Lipinski definition) is 3. The van der Waals surface area contributed by atoms with Crippen molar-refractivity contribution in [1.82, 2.24) is 15.1 Å². The van der Waals surface area contributed by atoms with Crippen molar-refractivity contribution in [3.05, 3.63) is 42.5 Å². The van der Waals surface area contributed by atoms with Gasteiger partial charge in [0.05, 0.1) is 11.7 Å². The van der Waals surface area contributed by atoms with Crippen LogP contribution in [-0.2, 0) is 9.59 Å². The van der Waals surface area contributed by atoms with E-state index < -0.39 is 11.8 Å². The van der Waals surface area contributed by atoms with E-state index in [9.17, 15) is 14.4 Å². The fourth-order valence-corrected chi connectivity index (χ4v) is 3.43. The second-order valence-electron chi connectivity index (χ2n) is 6.27. The molecule has 2 aromatic rings. The molecule has 7 heteroatoms. The number of carbonyl (C=O) groups is 3. The lowest BCUT2D eigenvalue weighted by Crippen LogP contribution is -2.66. The van der Waals surface area contributed by atoms with Crippen LogP contribution >= 0.6 is 0 Å². The third-order valence-corrected chi connectivity index (χ3v) is 4.75. The molecule has 1 atom stereocenters. The average molecular weight is 338 g/mol. The monoisotopic (exact) mass is 338 g/mol. The Bertz CT molecular complexity index is 861. The Kier molecular flexibility index (Phi) is 3.76. The smallest absolute Gasteiger partial charge is 0.321 e. The minimum absolute atomic E-state index is 0.169. The van der Waals surface area contributed by atoms with Gasteiger partial charge in [-0.3, -0.25) is 9.59 Å². The van der Waals surface area contributed by atoms with Crippen molar-refractivity contribution in [2.24, 2.45) is 0 Å². The van der Waals surface area contributed by atoms with Crippen LogP contribution in [-0.4, -0.2) is 59.9 Å². The number of nitrogens with one attached hydrogen (secondary N) is 2. The molecule has 0 radical (unpaired) electrons. The van der Waals surface area contributed by atoms with E-state index in [0.29, 0.717) is 26.2 Å². The first-order valence-corrected chi connectivity index (χ1v) is 8.26. The maximum atomic E-state index is 12.7. The Labute approximate surface area is 144 Å². The van der Waals surface area contributed by atoms with E-state index in [1.807, 2.05) is 42.5 Å². The Morgan fingerprint density at radius 3 is 2.76 bits per heavy atom. The summed E-state index contributed by atoms with van der Waals surface area (Å²) in [6.07, 6.45) is 0. The van der Waals surface area contributed by atoms with Crippen LogP contribution in [0.1, 0.15) is 0 Å². The van der Waals surface area contributed by atoms with Crippen LogP contribution in [0.4, 0.5) is 10.5 Å². The van der Waals surface area contributed by atoms with E-state index in [4.69, 9.17) is 0 Å². The van der Waals surface area contributed by atoms with Gasteiger partial charge in [0.2, 0.25) is 0 Å². The normalized spacial score (nSPS) is 20.2. The lowest BCUT2D eigenvalue weighted by Gasteiger charge is -2.43. The van der Waals surface area contributed by atoms with Crippen LogP contribution in [0.25, 0.3) is 10.8 Å². The van der Waals surface area contributed by atoms with Crippen LogP contribution in [0.2, 0.25) is 0 Å². The number of anilines is 1. The highest BCUT2D eigenvalue weighted by atomic mass is 16.2. The molecule has 2 aliphatic rings. The van der Waals surface area contributed by atoms with Crippen molar-refractivity contribution in [3.63, 3.8) is 0 Å². The first kappa shape index (κ1) is 15.4. The van der Waals surface area contributed by atoms with Gasteiger partial charge in [0.25, 0.3) is 0 Å². The van der Waals surface area contributed by atoms with Crippen molar-refractivity contribution in [1.29, 1.82) is 0 Å². The molecule has 0 spiro atoms. The molecule has 7 nitrogen and oxygen atoms in total. The summed E-state index contributed by atoms with van der Waals surface area (Å²) in [7, 11) is 0. The number of fused-ring (bicyclic) bond motifs is 2. The molecule has 2 heterocycles. The molecule has 0 bridgehead atoms. The molecule has 128 valence electrons. The first-order valence-electron chi connectivity index (χ1n) is 8.26. The van der Waals surface area contributed by atoms with E-state index in [0.717, 1.165) is 16.5 Å². The average Bonchev–Trinajstić information content (AvgIpc) is 2.65. The molecule has 2 saturated heterocycles. The number of carbonyl (C=O) groups excluding carboxylic acids is 3. The maximum absolute atomic E-state index is 12.7. The SMILES string of the molecule is O=C1NC[C@@H]2CN(C(=O)Nc3cccc4ccccc34)CCN2C1=O. The topological polar surface area (TPSA) is 81.8 Å². The summed E-state index contributed by atoms with van der Waals surface area (Å²) in [5.41, 5.74) is 0.763. The molecule has 2 N–H and O–H groups in total. The van der Waals surface area contributed by atoms with Gasteiger partial charge in [-0.1, -0.05) is 36.4 Å². The molecule has 4 amide bonds. The highest BCUT2D eigenvalue weighted by Crippen LogP contribution is 2.23. The van der Waals surface area contributed by atoms with Crippen LogP contribution in [0, 0.1) is 0 Å². The highest BCUT2D eigenvalue weighted by molar-refractivity contribution is 6.35. The Balaban J connectivity index is 1.49. The number of nitrogens with zero attached hydrogens (tertiary/aromatic N) is 2. The van der Waals surface area contributed by atoms with Gasteiger partial charge in [-0.05, 0) is 11.5 Å².